The number of nitrogens with zero attached hydrogens (tertiary/aromatic N) is 1. The first-order chi connectivity index (χ1) is 9.95. The predicted octanol–water partition coefficient (Wildman–Crippen LogP) is 3.71. The van der Waals surface area contributed by atoms with Crippen LogP contribution in [-0.2, 0) is 22.1 Å². The molecule has 0 amide bonds. The molecule has 0 radical (unpaired) electrons. The van der Waals surface area contributed by atoms with E-state index in [0.717, 1.165) is 0 Å². The Hall–Kier alpha value is -1.27. The van der Waals surface area contributed by atoms with Gasteiger partial charge < -0.3 is 9.47 Å². The van der Waals surface area contributed by atoms with E-state index in [0.29, 0.717) is 0 Å². The number of ether oxygens (including phenoxy) is 2. The molecule has 22 heavy (non-hydrogen) atoms. The topological polar surface area (TPSA) is 48.4 Å². The van der Waals surface area contributed by atoms with Crippen molar-refractivity contribution in [2.45, 2.75) is 25.9 Å². The first-order valence-electron chi connectivity index (χ1n) is 5.61. The molecule has 124 valence electrons. The van der Waals surface area contributed by atoms with Gasteiger partial charge in [0, 0.05) is 6.20 Å². The fourth-order valence-electron chi connectivity index (χ4n) is 1.46. The minimum atomic E-state index is -5.12. The van der Waals surface area contributed by atoms with Crippen molar-refractivity contribution in [1.29, 1.82) is 0 Å². The van der Waals surface area contributed by atoms with Crippen molar-refractivity contribution in [2.24, 2.45) is 0 Å². The van der Waals surface area contributed by atoms with Crippen LogP contribution in [0, 0.1) is 3.57 Å². The lowest BCUT2D eigenvalue weighted by Gasteiger charge is -2.16. The van der Waals surface area contributed by atoms with E-state index in [-0.39, 0.29) is 12.8 Å². The predicted molar refractivity (Wildman–Crippen MR) is 69.0 cm³/mol. The van der Waals surface area contributed by atoms with Gasteiger partial charge in [0.1, 0.15) is 0 Å². The highest BCUT2D eigenvalue weighted by Gasteiger charge is 2.38. The Kier molecular flexibility index (Phi) is 5.87. The molecule has 1 rings (SSSR count). The van der Waals surface area contributed by atoms with Crippen LogP contribution in [0.1, 0.15) is 18.1 Å². The van der Waals surface area contributed by atoms with Gasteiger partial charge in [-0.2, -0.15) is 13.2 Å². The highest BCUT2D eigenvalue weighted by atomic mass is 127. The summed E-state index contributed by atoms with van der Waals surface area (Å²) in [5.41, 5.74) is -2.00. The third kappa shape index (κ3) is 5.18. The van der Waals surface area contributed by atoms with Gasteiger partial charge in [-0.25, -0.2) is 4.98 Å². The highest BCUT2D eigenvalue weighted by molar-refractivity contribution is 14.1. The molecule has 0 aliphatic heterocycles. The third-order valence-electron chi connectivity index (χ3n) is 2.23. The molecule has 0 saturated carbocycles. The minimum absolute atomic E-state index is 0.0756. The second-order valence-corrected chi connectivity index (χ2v) is 4.88. The maximum Gasteiger partial charge on any atom is 0.574 e. The molecule has 0 unspecified atom stereocenters. The number of alkyl halides is 6. The van der Waals surface area contributed by atoms with Crippen LogP contribution in [0.25, 0.3) is 0 Å². The summed E-state index contributed by atoms with van der Waals surface area (Å²) in [7, 11) is 0. The Morgan fingerprint density at radius 1 is 1.27 bits per heavy atom. The molecule has 0 saturated heterocycles. The maximum absolute atomic E-state index is 12.9. The molecule has 11 heteroatoms. The van der Waals surface area contributed by atoms with Crippen molar-refractivity contribution in [3.63, 3.8) is 0 Å². The second-order valence-electron chi connectivity index (χ2n) is 3.80. The standard InChI is InChI=1S/C11H8F6INO3/c1-2-21-7(20)3-5-6(10(12,13)14)4-19-9(8(5)18)22-11(15,16)17/h4H,2-3H2,1H3. The zero-order valence-electron chi connectivity index (χ0n) is 10.8. The molecule has 1 aromatic heterocycles. The zero-order valence-corrected chi connectivity index (χ0v) is 13.0. The molecule has 1 aromatic rings. The number of rotatable bonds is 4. The average molecular weight is 443 g/mol. The molecule has 1 heterocycles. The van der Waals surface area contributed by atoms with E-state index in [1.165, 1.54) is 29.5 Å². The molecule has 0 atom stereocenters. The van der Waals surface area contributed by atoms with E-state index >= 15 is 0 Å². The van der Waals surface area contributed by atoms with E-state index in [4.69, 9.17) is 0 Å². The summed E-state index contributed by atoms with van der Waals surface area (Å²) in [5, 5.41) is 0. The Morgan fingerprint density at radius 3 is 2.32 bits per heavy atom. The first-order valence-corrected chi connectivity index (χ1v) is 6.69. The largest absolute Gasteiger partial charge is 0.574 e. The Labute approximate surface area is 133 Å². The lowest BCUT2D eigenvalue weighted by Crippen LogP contribution is -2.21. The maximum atomic E-state index is 12.9. The molecule has 0 aliphatic carbocycles. The molecule has 0 aliphatic rings. The highest BCUT2D eigenvalue weighted by Crippen LogP contribution is 2.37. The van der Waals surface area contributed by atoms with Crippen LogP contribution in [-0.4, -0.2) is 23.9 Å². The molecule has 4 nitrogen and oxygen atoms in total. The molecule has 0 bridgehead atoms. The van der Waals surface area contributed by atoms with E-state index < -0.39 is 45.5 Å². The number of halogens is 7. The fraction of sp³-hybridized carbons (Fsp3) is 0.455. The number of carbonyl (C=O) groups is 1. The lowest BCUT2D eigenvalue weighted by molar-refractivity contribution is -0.276. The summed E-state index contributed by atoms with van der Waals surface area (Å²) in [5.74, 6) is -2.06. The number of pyridine rings is 1. The van der Waals surface area contributed by atoms with Gasteiger partial charge in [-0.3, -0.25) is 4.79 Å². The van der Waals surface area contributed by atoms with Gasteiger partial charge in [-0.1, -0.05) is 0 Å². The van der Waals surface area contributed by atoms with Crippen LogP contribution in [0.5, 0.6) is 5.88 Å². The van der Waals surface area contributed by atoms with E-state index in [9.17, 15) is 31.1 Å². The van der Waals surface area contributed by atoms with Gasteiger partial charge in [-0.15, -0.1) is 13.2 Å². The lowest BCUT2D eigenvalue weighted by atomic mass is 10.1. The molecule has 0 fully saturated rings. The van der Waals surface area contributed by atoms with Gasteiger partial charge in [0.25, 0.3) is 0 Å². The summed E-state index contributed by atoms with van der Waals surface area (Å²) in [4.78, 5) is 14.4. The normalized spacial score (nSPS) is 12.2. The van der Waals surface area contributed by atoms with Gasteiger partial charge >= 0.3 is 18.5 Å². The third-order valence-corrected chi connectivity index (χ3v) is 3.35. The first kappa shape index (κ1) is 18.8. The fourth-order valence-corrected chi connectivity index (χ4v) is 2.19. The second kappa shape index (κ2) is 6.87. The number of aromatic nitrogens is 1. The average Bonchev–Trinajstić information content (AvgIpc) is 2.31. The van der Waals surface area contributed by atoms with Crippen molar-refractivity contribution in [3.05, 3.63) is 20.9 Å². The summed E-state index contributed by atoms with van der Waals surface area (Å²) in [6.07, 6.45) is -10.7. The van der Waals surface area contributed by atoms with Gasteiger partial charge in [0.15, 0.2) is 0 Å². The summed E-state index contributed by atoms with van der Waals surface area (Å²) in [6, 6.07) is 0. The number of esters is 1. The number of hydrogen-bond acceptors (Lipinski definition) is 4. The molecule has 0 aromatic carbocycles. The monoisotopic (exact) mass is 443 g/mol. The smallest absolute Gasteiger partial charge is 0.466 e. The minimum Gasteiger partial charge on any atom is -0.466 e. The van der Waals surface area contributed by atoms with Gasteiger partial charge in [0.2, 0.25) is 5.88 Å². The van der Waals surface area contributed by atoms with Crippen LogP contribution < -0.4 is 4.74 Å². The molecule has 0 spiro atoms. The van der Waals surface area contributed by atoms with Crippen molar-refractivity contribution in [1.82, 2.24) is 4.98 Å². The molecule has 0 N–H and O–H groups in total. The molecular formula is C11H8F6INO3. The van der Waals surface area contributed by atoms with E-state index in [2.05, 4.69) is 14.5 Å². The van der Waals surface area contributed by atoms with Crippen LogP contribution in [0.4, 0.5) is 26.3 Å². The number of hydrogen-bond donors (Lipinski definition) is 0. The van der Waals surface area contributed by atoms with Crippen LogP contribution in [0.15, 0.2) is 6.20 Å². The summed E-state index contributed by atoms with van der Waals surface area (Å²) >= 11 is 1.21. The quantitative estimate of drug-likeness (QED) is 0.405. The summed E-state index contributed by atoms with van der Waals surface area (Å²) in [6.45, 7) is 1.37. The Balaban J connectivity index is 3.32. The van der Waals surface area contributed by atoms with Gasteiger partial charge in [0.05, 0.1) is 22.2 Å². The van der Waals surface area contributed by atoms with Crippen LogP contribution in [0.3, 0.4) is 0 Å². The number of carbonyl (C=O) groups excluding carboxylic acids is 1. The van der Waals surface area contributed by atoms with Crippen molar-refractivity contribution in [3.8, 4) is 5.88 Å². The zero-order chi connectivity index (χ0) is 17.1. The van der Waals surface area contributed by atoms with Crippen molar-refractivity contribution >= 4 is 28.6 Å². The summed E-state index contributed by atoms with van der Waals surface area (Å²) < 4.78 is 82.7. The van der Waals surface area contributed by atoms with E-state index in [1.807, 2.05) is 0 Å². The van der Waals surface area contributed by atoms with Gasteiger partial charge in [-0.05, 0) is 35.1 Å². The SMILES string of the molecule is CCOC(=O)Cc1c(C(F)(F)F)cnc(OC(F)(F)F)c1I. The Morgan fingerprint density at radius 2 is 1.86 bits per heavy atom. The van der Waals surface area contributed by atoms with E-state index in [1.54, 1.807) is 0 Å². The van der Waals surface area contributed by atoms with Crippen LogP contribution in [0.2, 0.25) is 0 Å². The Bertz CT molecular complexity index is 558. The molecular weight excluding hydrogens is 435 g/mol. The van der Waals surface area contributed by atoms with Crippen LogP contribution >= 0.6 is 22.6 Å². The van der Waals surface area contributed by atoms with Crippen molar-refractivity contribution < 1.29 is 40.6 Å². The van der Waals surface area contributed by atoms with Crippen molar-refractivity contribution in [2.75, 3.05) is 6.61 Å².